The van der Waals surface area contributed by atoms with Crippen LogP contribution in [0.4, 0.5) is 4.39 Å². The Balaban J connectivity index is 2.63. The molecule has 0 fully saturated rings. The van der Waals surface area contributed by atoms with E-state index in [0.29, 0.717) is 25.4 Å². The summed E-state index contributed by atoms with van der Waals surface area (Å²) in [5.74, 6) is -1.49. The lowest BCUT2D eigenvalue weighted by Gasteiger charge is -2.08. The molecule has 0 bridgehead atoms. The first-order valence-corrected chi connectivity index (χ1v) is 5.98. The van der Waals surface area contributed by atoms with E-state index >= 15 is 0 Å². The Morgan fingerprint density at radius 1 is 1.37 bits per heavy atom. The van der Waals surface area contributed by atoms with E-state index in [1.807, 2.05) is 6.92 Å². The SMILES string of the molecule is CCOCCOCc1ccc(F)cc1C=CC(=O)O. The van der Waals surface area contributed by atoms with E-state index in [0.717, 1.165) is 11.6 Å². The summed E-state index contributed by atoms with van der Waals surface area (Å²) in [7, 11) is 0. The average molecular weight is 268 g/mol. The maximum absolute atomic E-state index is 13.1. The minimum atomic E-state index is -1.08. The zero-order valence-corrected chi connectivity index (χ0v) is 10.8. The molecule has 0 unspecified atom stereocenters. The summed E-state index contributed by atoms with van der Waals surface area (Å²) < 4.78 is 23.6. The summed E-state index contributed by atoms with van der Waals surface area (Å²) in [4.78, 5) is 10.5. The van der Waals surface area contributed by atoms with Crippen LogP contribution in [0.1, 0.15) is 18.1 Å². The lowest BCUT2D eigenvalue weighted by molar-refractivity contribution is -0.131. The number of carboxylic acids is 1. The molecule has 1 aromatic carbocycles. The Labute approximate surface area is 111 Å². The van der Waals surface area contributed by atoms with Crippen LogP contribution in [0.15, 0.2) is 24.3 Å². The summed E-state index contributed by atoms with van der Waals surface area (Å²) in [6.45, 7) is 3.75. The van der Waals surface area contributed by atoms with Gasteiger partial charge >= 0.3 is 5.97 Å². The molecule has 0 aliphatic rings. The molecular formula is C14H17FO4. The molecule has 1 aromatic rings. The molecule has 19 heavy (non-hydrogen) atoms. The average Bonchev–Trinajstić information content (AvgIpc) is 2.38. The van der Waals surface area contributed by atoms with Crippen LogP contribution in [0.5, 0.6) is 0 Å². The predicted octanol–water partition coefficient (Wildman–Crippen LogP) is 2.48. The molecule has 0 radical (unpaired) electrons. The van der Waals surface area contributed by atoms with Crippen LogP contribution in [0.2, 0.25) is 0 Å². The number of carbonyl (C=O) groups is 1. The fraction of sp³-hybridized carbons (Fsp3) is 0.357. The van der Waals surface area contributed by atoms with Gasteiger partial charge in [0, 0.05) is 12.7 Å². The number of halogens is 1. The topological polar surface area (TPSA) is 55.8 Å². The molecule has 4 nitrogen and oxygen atoms in total. The van der Waals surface area contributed by atoms with Gasteiger partial charge < -0.3 is 14.6 Å². The van der Waals surface area contributed by atoms with Crippen molar-refractivity contribution >= 4 is 12.0 Å². The second-order valence-corrected chi connectivity index (χ2v) is 3.76. The number of ether oxygens (including phenoxy) is 2. The van der Waals surface area contributed by atoms with E-state index in [9.17, 15) is 9.18 Å². The first-order valence-electron chi connectivity index (χ1n) is 5.98. The van der Waals surface area contributed by atoms with Crippen molar-refractivity contribution in [3.05, 3.63) is 41.2 Å². The molecule has 0 aliphatic heterocycles. The number of rotatable bonds is 8. The summed E-state index contributed by atoms with van der Waals surface area (Å²) in [5.41, 5.74) is 1.23. The van der Waals surface area contributed by atoms with Crippen molar-refractivity contribution in [2.45, 2.75) is 13.5 Å². The molecule has 0 amide bonds. The Hall–Kier alpha value is -1.72. The summed E-state index contributed by atoms with van der Waals surface area (Å²) in [5, 5.41) is 8.58. The van der Waals surface area contributed by atoms with Gasteiger partial charge in [-0.1, -0.05) is 6.07 Å². The summed E-state index contributed by atoms with van der Waals surface area (Å²) in [6.07, 6.45) is 2.32. The second-order valence-electron chi connectivity index (χ2n) is 3.76. The van der Waals surface area contributed by atoms with Crippen molar-refractivity contribution in [1.82, 2.24) is 0 Å². The van der Waals surface area contributed by atoms with Crippen LogP contribution < -0.4 is 0 Å². The quantitative estimate of drug-likeness (QED) is 0.581. The Morgan fingerprint density at radius 3 is 2.79 bits per heavy atom. The highest BCUT2D eigenvalue weighted by Gasteiger charge is 2.03. The molecule has 1 rings (SSSR count). The first-order chi connectivity index (χ1) is 9.13. The molecule has 0 aliphatic carbocycles. The maximum atomic E-state index is 13.1. The van der Waals surface area contributed by atoms with E-state index < -0.39 is 11.8 Å². The van der Waals surface area contributed by atoms with Crippen molar-refractivity contribution in [3.8, 4) is 0 Å². The van der Waals surface area contributed by atoms with Crippen LogP contribution >= 0.6 is 0 Å². The van der Waals surface area contributed by atoms with Crippen molar-refractivity contribution in [1.29, 1.82) is 0 Å². The second kappa shape index (κ2) is 8.39. The fourth-order valence-corrected chi connectivity index (χ4v) is 1.46. The van der Waals surface area contributed by atoms with Gasteiger partial charge in [-0.25, -0.2) is 9.18 Å². The van der Waals surface area contributed by atoms with Crippen LogP contribution in [0.25, 0.3) is 6.08 Å². The number of aliphatic carboxylic acids is 1. The number of hydrogen-bond acceptors (Lipinski definition) is 3. The highest BCUT2D eigenvalue weighted by atomic mass is 19.1. The number of hydrogen-bond donors (Lipinski definition) is 1. The summed E-state index contributed by atoms with van der Waals surface area (Å²) in [6, 6.07) is 4.18. The normalized spacial score (nSPS) is 11.1. The third-order valence-corrected chi connectivity index (χ3v) is 2.35. The van der Waals surface area contributed by atoms with Gasteiger partial charge in [-0.3, -0.25) is 0 Å². The Morgan fingerprint density at radius 2 is 2.11 bits per heavy atom. The molecule has 0 saturated carbocycles. The zero-order valence-electron chi connectivity index (χ0n) is 10.8. The standard InChI is InChI=1S/C14H17FO4/c1-2-18-7-8-19-10-12-3-5-13(15)9-11(12)4-6-14(16)17/h3-6,9H,2,7-8,10H2,1H3,(H,16,17). The van der Waals surface area contributed by atoms with E-state index in [2.05, 4.69) is 0 Å². The van der Waals surface area contributed by atoms with Crippen LogP contribution in [0.3, 0.4) is 0 Å². The van der Waals surface area contributed by atoms with Crippen molar-refractivity contribution < 1.29 is 23.8 Å². The molecule has 0 saturated heterocycles. The van der Waals surface area contributed by atoms with Gasteiger partial charge in [0.1, 0.15) is 5.82 Å². The smallest absolute Gasteiger partial charge is 0.328 e. The minimum Gasteiger partial charge on any atom is -0.478 e. The number of carboxylic acid groups (broad SMARTS) is 1. The van der Waals surface area contributed by atoms with Crippen LogP contribution in [-0.2, 0) is 20.9 Å². The molecule has 5 heteroatoms. The lowest BCUT2D eigenvalue weighted by Crippen LogP contribution is -2.04. The van der Waals surface area contributed by atoms with Gasteiger partial charge in [0.05, 0.1) is 19.8 Å². The fourth-order valence-electron chi connectivity index (χ4n) is 1.46. The minimum absolute atomic E-state index is 0.284. The summed E-state index contributed by atoms with van der Waals surface area (Å²) >= 11 is 0. The molecule has 1 N–H and O–H groups in total. The first kappa shape index (κ1) is 15.3. The monoisotopic (exact) mass is 268 g/mol. The lowest BCUT2D eigenvalue weighted by atomic mass is 10.1. The van der Waals surface area contributed by atoms with E-state index in [1.165, 1.54) is 18.2 Å². The highest BCUT2D eigenvalue weighted by Crippen LogP contribution is 2.14. The van der Waals surface area contributed by atoms with E-state index in [-0.39, 0.29) is 6.61 Å². The molecule has 0 aromatic heterocycles. The van der Waals surface area contributed by atoms with Gasteiger partial charge in [-0.2, -0.15) is 0 Å². The zero-order chi connectivity index (χ0) is 14.1. The third kappa shape index (κ3) is 6.13. The molecule has 0 heterocycles. The predicted molar refractivity (Wildman–Crippen MR) is 69.2 cm³/mol. The van der Waals surface area contributed by atoms with E-state index in [4.69, 9.17) is 14.6 Å². The van der Waals surface area contributed by atoms with Gasteiger partial charge in [-0.05, 0) is 36.3 Å². The van der Waals surface area contributed by atoms with Gasteiger partial charge in [-0.15, -0.1) is 0 Å². The van der Waals surface area contributed by atoms with Gasteiger partial charge in [0.25, 0.3) is 0 Å². The van der Waals surface area contributed by atoms with Crippen molar-refractivity contribution in [2.75, 3.05) is 19.8 Å². The molecular weight excluding hydrogens is 251 g/mol. The van der Waals surface area contributed by atoms with Gasteiger partial charge in [0.15, 0.2) is 0 Å². The third-order valence-electron chi connectivity index (χ3n) is 2.35. The highest BCUT2D eigenvalue weighted by molar-refractivity contribution is 5.85. The maximum Gasteiger partial charge on any atom is 0.328 e. The molecule has 0 spiro atoms. The van der Waals surface area contributed by atoms with Crippen molar-refractivity contribution in [2.24, 2.45) is 0 Å². The van der Waals surface area contributed by atoms with Gasteiger partial charge in [0.2, 0.25) is 0 Å². The largest absolute Gasteiger partial charge is 0.478 e. The number of benzene rings is 1. The Bertz CT molecular complexity index is 443. The van der Waals surface area contributed by atoms with Crippen molar-refractivity contribution in [3.63, 3.8) is 0 Å². The molecule has 0 atom stereocenters. The Kier molecular flexibility index (Phi) is 6.78. The van der Waals surface area contributed by atoms with Crippen LogP contribution in [0, 0.1) is 5.82 Å². The van der Waals surface area contributed by atoms with Crippen LogP contribution in [-0.4, -0.2) is 30.9 Å². The van der Waals surface area contributed by atoms with E-state index in [1.54, 1.807) is 6.07 Å². The molecule has 104 valence electrons.